The van der Waals surface area contributed by atoms with E-state index in [9.17, 15) is 9.59 Å². The van der Waals surface area contributed by atoms with E-state index in [1.54, 1.807) is 5.06 Å². The zero-order valence-electron chi connectivity index (χ0n) is 18.4. The van der Waals surface area contributed by atoms with Crippen LogP contribution in [0.25, 0.3) is 0 Å². The normalized spacial score (nSPS) is 24.7. The lowest BCUT2D eigenvalue weighted by Gasteiger charge is -2.29. The van der Waals surface area contributed by atoms with Gasteiger partial charge in [0.25, 0.3) is 0 Å². The Morgan fingerprint density at radius 2 is 1.52 bits per heavy atom. The average Bonchev–Trinajstić information content (AvgIpc) is 3.40. The molecule has 0 aliphatic carbocycles. The highest BCUT2D eigenvalue weighted by Crippen LogP contribution is 2.43. The Kier molecular flexibility index (Phi) is 5.84. The Morgan fingerprint density at radius 3 is 2.18 bits per heavy atom. The summed E-state index contributed by atoms with van der Waals surface area (Å²) in [6.07, 6.45) is -0.453. The maximum Gasteiger partial charge on any atom is 0.416 e. The molecule has 2 fully saturated rings. The number of amides is 2. The van der Waals surface area contributed by atoms with Crippen molar-refractivity contribution >= 4 is 17.7 Å². The number of anilines is 1. The maximum atomic E-state index is 13.9. The number of carbonyl (C=O) groups excluding carboxylic acids is 2. The molecule has 2 aliphatic rings. The Bertz CT molecular complexity index is 1110. The van der Waals surface area contributed by atoms with Crippen LogP contribution in [0.4, 0.5) is 10.5 Å². The largest absolute Gasteiger partial charge is 0.447 e. The van der Waals surface area contributed by atoms with Gasteiger partial charge in [0.15, 0.2) is 0 Å². The molecular weight excluding hydrogens is 416 g/mol. The lowest BCUT2D eigenvalue weighted by atomic mass is 9.88. The van der Waals surface area contributed by atoms with E-state index in [-0.39, 0.29) is 24.6 Å². The monoisotopic (exact) mass is 442 g/mol. The summed E-state index contributed by atoms with van der Waals surface area (Å²) in [5.41, 5.74) is 2.87. The minimum atomic E-state index is -0.585. The van der Waals surface area contributed by atoms with Crippen LogP contribution in [0.15, 0.2) is 91.0 Å². The Balaban J connectivity index is 1.49. The molecule has 0 radical (unpaired) electrons. The van der Waals surface area contributed by atoms with Crippen LogP contribution in [0.1, 0.15) is 24.1 Å². The van der Waals surface area contributed by atoms with Gasteiger partial charge in [-0.15, -0.1) is 0 Å². The molecule has 0 spiro atoms. The van der Waals surface area contributed by atoms with Crippen LogP contribution < -0.4 is 5.06 Å². The molecule has 3 aromatic rings. The molecule has 2 saturated heterocycles. The van der Waals surface area contributed by atoms with Gasteiger partial charge in [-0.05, 0) is 36.6 Å². The van der Waals surface area contributed by atoms with Gasteiger partial charge in [0.05, 0.1) is 29.8 Å². The smallest absolute Gasteiger partial charge is 0.416 e. The first-order valence-electron chi connectivity index (χ1n) is 11.2. The zero-order valence-corrected chi connectivity index (χ0v) is 18.4. The first-order chi connectivity index (χ1) is 16.1. The summed E-state index contributed by atoms with van der Waals surface area (Å²) in [5.74, 6) is -0.838. The molecule has 2 heterocycles. The molecule has 6 nitrogen and oxygen atoms in total. The molecule has 0 N–H and O–H groups in total. The molecule has 2 amide bonds. The standard InChI is InChI=1S/C27H26N2O4/c1-19-24(26(30)28-23(18-32-27(28)31)17-20-11-5-2-6-12-20)25(21-13-7-3-8-14-21)29(33-19)22-15-9-4-10-16-22/h2-16,19,23-25H,17-18H2,1H3/t19-,23+,24-,25-/m1/s1. The van der Waals surface area contributed by atoms with Crippen LogP contribution in [-0.2, 0) is 20.8 Å². The highest BCUT2D eigenvalue weighted by atomic mass is 16.7. The molecule has 168 valence electrons. The van der Waals surface area contributed by atoms with Gasteiger partial charge in [0, 0.05) is 0 Å². The second-order valence-electron chi connectivity index (χ2n) is 8.48. The number of nitrogens with zero attached hydrogens (tertiary/aromatic N) is 2. The first-order valence-corrected chi connectivity index (χ1v) is 11.2. The highest BCUT2D eigenvalue weighted by Gasteiger charge is 2.51. The summed E-state index contributed by atoms with van der Waals surface area (Å²) >= 11 is 0. The number of cyclic esters (lactones) is 1. The van der Waals surface area contributed by atoms with Gasteiger partial charge in [-0.25, -0.2) is 14.8 Å². The first kappa shape index (κ1) is 21.2. The van der Waals surface area contributed by atoms with E-state index in [4.69, 9.17) is 9.57 Å². The van der Waals surface area contributed by atoms with E-state index in [2.05, 4.69) is 0 Å². The van der Waals surface area contributed by atoms with Crippen molar-refractivity contribution in [2.75, 3.05) is 11.7 Å². The van der Waals surface area contributed by atoms with Crippen LogP contribution in [0, 0.1) is 5.92 Å². The second-order valence-corrected chi connectivity index (χ2v) is 8.48. The van der Waals surface area contributed by atoms with Gasteiger partial charge in [-0.1, -0.05) is 78.9 Å². The summed E-state index contributed by atoms with van der Waals surface area (Å²) in [5, 5.41) is 1.80. The van der Waals surface area contributed by atoms with E-state index in [0.29, 0.717) is 6.42 Å². The summed E-state index contributed by atoms with van der Waals surface area (Å²) < 4.78 is 5.33. The van der Waals surface area contributed by atoms with Gasteiger partial charge in [0.1, 0.15) is 6.61 Å². The molecule has 0 aromatic heterocycles. The number of carbonyl (C=O) groups is 2. The Labute approximate surface area is 193 Å². The average molecular weight is 443 g/mol. The molecule has 3 aromatic carbocycles. The molecule has 2 aliphatic heterocycles. The van der Waals surface area contributed by atoms with E-state index in [0.717, 1.165) is 16.8 Å². The van der Waals surface area contributed by atoms with Crippen molar-refractivity contribution in [1.82, 2.24) is 4.90 Å². The van der Waals surface area contributed by atoms with Crippen LogP contribution in [-0.4, -0.2) is 35.7 Å². The molecule has 4 atom stereocenters. The third-order valence-corrected chi connectivity index (χ3v) is 6.33. The van der Waals surface area contributed by atoms with Crippen molar-refractivity contribution in [1.29, 1.82) is 0 Å². The lowest BCUT2D eigenvalue weighted by molar-refractivity contribution is -0.135. The van der Waals surface area contributed by atoms with Gasteiger partial charge in [0.2, 0.25) is 5.91 Å². The van der Waals surface area contributed by atoms with Gasteiger partial charge in [-0.3, -0.25) is 9.63 Å². The fourth-order valence-electron chi connectivity index (χ4n) is 4.77. The van der Waals surface area contributed by atoms with Gasteiger partial charge < -0.3 is 4.74 Å². The quantitative estimate of drug-likeness (QED) is 0.570. The number of hydroxylamine groups is 1. The molecule has 0 unspecified atom stereocenters. The molecule has 5 rings (SSSR count). The number of imide groups is 1. The van der Waals surface area contributed by atoms with Crippen molar-refractivity contribution in [2.45, 2.75) is 31.5 Å². The summed E-state index contributed by atoms with van der Waals surface area (Å²) in [6.45, 7) is 2.08. The van der Waals surface area contributed by atoms with E-state index in [1.807, 2.05) is 97.9 Å². The highest BCUT2D eigenvalue weighted by molar-refractivity contribution is 5.96. The van der Waals surface area contributed by atoms with Gasteiger partial charge in [-0.2, -0.15) is 0 Å². The number of rotatable bonds is 5. The second kappa shape index (κ2) is 9.08. The predicted molar refractivity (Wildman–Crippen MR) is 124 cm³/mol. The predicted octanol–water partition coefficient (Wildman–Crippen LogP) is 4.77. The topological polar surface area (TPSA) is 59.1 Å². The summed E-state index contributed by atoms with van der Waals surface area (Å²) in [4.78, 5) is 34.2. The van der Waals surface area contributed by atoms with Crippen molar-refractivity contribution in [2.24, 2.45) is 5.92 Å². The number of ether oxygens (including phenoxy) is 1. The SMILES string of the molecule is C[C@H]1ON(c2ccccc2)[C@H](c2ccccc2)[C@@H]1C(=O)N1C(=O)OC[C@@H]1Cc1ccccc1. The third-order valence-electron chi connectivity index (χ3n) is 6.33. The fraction of sp³-hybridized carbons (Fsp3) is 0.259. The summed E-state index contributed by atoms with van der Waals surface area (Å²) in [6, 6.07) is 28.7. The minimum absolute atomic E-state index is 0.194. The van der Waals surface area contributed by atoms with Crippen LogP contribution >= 0.6 is 0 Å². The van der Waals surface area contributed by atoms with E-state index in [1.165, 1.54) is 4.90 Å². The number of para-hydroxylation sites is 1. The molecule has 0 saturated carbocycles. The minimum Gasteiger partial charge on any atom is -0.447 e. The van der Waals surface area contributed by atoms with Crippen molar-refractivity contribution in [3.8, 4) is 0 Å². The molecule has 6 heteroatoms. The molecule has 0 bridgehead atoms. The van der Waals surface area contributed by atoms with E-state index < -0.39 is 18.1 Å². The number of hydrogen-bond acceptors (Lipinski definition) is 5. The van der Waals surface area contributed by atoms with Crippen molar-refractivity contribution in [3.05, 3.63) is 102 Å². The summed E-state index contributed by atoms with van der Waals surface area (Å²) in [7, 11) is 0. The number of hydrogen-bond donors (Lipinski definition) is 0. The van der Waals surface area contributed by atoms with Crippen molar-refractivity contribution < 1.29 is 19.2 Å². The zero-order chi connectivity index (χ0) is 22.8. The lowest BCUT2D eigenvalue weighted by Crippen LogP contribution is -2.46. The van der Waals surface area contributed by atoms with Gasteiger partial charge >= 0.3 is 6.09 Å². The maximum absolute atomic E-state index is 13.9. The van der Waals surface area contributed by atoms with Crippen LogP contribution in [0.5, 0.6) is 0 Å². The fourth-order valence-corrected chi connectivity index (χ4v) is 4.77. The van der Waals surface area contributed by atoms with E-state index >= 15 is 0 Å². The van der Waals surface area contributed by atoms with Crippen LogP contribution in [0.2, 0.25) is 0 Å². The molecular formula is C27H26N2O4. The molecule has 33 heavy (non-hydrogen) atoms. The third kappa shape index (κ3) is 4.10. The number of benzene rings is 3. The van der Waals surface area contributed by atoms with Crippen molar-refractivity contribution in [3.63, 3.8) is 0 Å². The Hall–Kier alpha value is -3.64. The Morgan fingerprint density at radius 1 is 0.909 bits per heavy atom. The van der Waals surface area contributed by atoms with Crippen LogP contribution in [0.3, 0.4) is 0 Å².